The summed E-state index contributed by atoms with van der Waals surface area (Å²) in [7, 11) is 1.51. The lowest BCUT2D eigenvalue weighted by Gasteiger charge is -2.37. The Labute approximate surface area is 190 Å². The molecule has 0 saturated heterocycles. The van der Waals surface area contributed by atoms with Gasteiger partial charge in [0.2, 0.25) is 5.91 Å². The number of carbonyl (C=O) groups excluding carboxylic acids is 2. The van der Waals surface area contributed by atoms with Crippen molar-refractivity contribution in [1.29, 1.82) is 0 Å². The van der Waals surface area contributed by atoms with Crippen LogP contribution in [0.1, 0.15) is 21.5 Å². The van der Waals surface area contributed by atoms with E-state index in [1.807, 2.05) is 58.5 Å². The first-order valence-electron chi connectivity index (χ1n) is 10.2. The number of amides is 2. The van der Waals surface area contributed by atoms with Gasteiger partial charge in [0.05, 0.1) is 12.1 Å². The first-order chi connectivity index (χ1) is 15.2. The monoisotopic (exact) mass is 451 g/mol. The minimum Gasteiger partial charge on any atom is -0.322 e. The summed E-state index contributed by atoms with van der Waals surface area (Å²) in [4.78, 5) is 37.5. The molecular formula is C24H29N5O2S. The lowest BCUT2D eigenvalue weighted by atomic mass is 10.1. The van der Waals surface area contributed by atoms with Crippen molar-refractivity contribution in [3.63, 3.8) is 0 Å². The van der Waals surface area contributed by atoms with Crippen molar-refractivity contribution in [2.45, 2.75) is 23.8 Å². The predicted molar refractivity (Wildman–Crippen MR) is 129 cm³/mol. The Balaban J connectivity index is 2.04. The molecule has 0 fully saturated rings. The number of rotatable bonds is 7. The van der Waals surface area contributed by atoms with E-state index in [2.05, 4.69) is 26.1 Å². The number of hydrogen-bond donors (Lipinski definition) is 2. The number of likely N-dealkylation sites (N-methyl/N-ethyl adjacent to an activating group) is 1. The fourth-order valence-electron chi connectivity index (χ4n) is 3.51. The highest BCUT2D eigenvalue weighted by Gasteiger charge is 2.31. The molecule has 0 radical (unpaired) electrons. The Morgan fingerprint density at radius 2 is 1.66 bits per heavy atom. The number of anilines is 1. The van der Waals surface area contributed by atoms with Gasteiger partial charge in [-0.05, 0) is 81.7 Å². The summed E-state index contributed by atoms with van der Waals surface area (Å²) < 4.78 is 3.17. The van der Waals surface area contributed by atoms with E-state index in [9.17, 15) is 9.59 Å². The standard InChI is InChI=1S/C24H29N5O2S/c1-17-13-18(2)15-19(14-17)27-23(31)21-7-6-10-26-24(21)32(5,20-8-11-25-12-9-20)28-22(30)16-29(3)4/h6-15H,16H2,1-5H3,(H,27,31)(H,28,30). The van der Waals surface area contributed by atoms with E-state index < -0.39 is 10.2 Å². The number of pyridine rings is 2. The van der Waals surface area contributed by atoms with Crippen molar-refractivity contribution in [2.24, 2.45) is 0 Å². The van der Waals surface area contributed by atoms with Gasteiger partial charge in [-0.3, -0.25) is 14.6 Å². The zero-order valence-corrected chi connectivity index (χ0v) is 19.9. The Morgan fingerprint density at radius 1 is 1.00 bits per heavy atom. The van der Waals surface area contributed by atoms with Crippen LogP contribution in [0.2, 0.25) is 0 Å². The molecular weight excluding hydrogens is 422 g/mol. The van der Waals surface area contributed by atoms with Crippen LogP contribution in [0.25, 0.3) is 0 Å². The molecule has 0 aliphatic rings. The van der Waals surface area contributed by atoms with Crippen LogP contribution >= 0.6 is 10.2 Å². The van der Waals surface area contributed by atoms with Crippen LogP contribution in [-0.2, 0) is 4.79 Å². The van der Waals surface area contributed by atoms with Crippen molar-refractivity contribution in [3.8, 4) is 0 Å². The third kappa shape index (κ3) is 5.52. The Morgan fingerprint density at radius 3 is 2.28 bits per heavy atom. The average Bonchev–Trinajstić information content (AvgIpc) is 2.73. The zero-order valence-electron chi connectivity index (χ0n) is 19.0. The van der Waals surface area contributed by atoms with E-state index in [1.54, 1.807) is 35.6 Å². The molecule has 2 aromatic heterocycles. The second kappa shape index (κ2) is 9.93. The fourth-order valence-corrected chi connectivity index (χ4v) is 6.01. The highest BCUT2D eigenvalue weighted by Crippen LogP contribution is 2.56. The quantitative estimate of drug-likeness (QED) is 0.571. The van der Waals surface area contributed by atoms with Gasteiger partial charge in [-0.15, -0.1) is 0 Å². The molecule has 0 aliphatic carbocycles. The molecule has 8 heteroatoms. The van der Waals surface area contributed by atoms with Gasteiger partial charge >= 0.3 is 0 Å². The number of nitrogens with one attached hydrogen (secondary N) is 2. The highest BCUT2D eigenvalue weighted by atomic mass is 32.3. The van der Waals surface area contributed by atoms with Crippen molar-refractivity contribution in [2.75, 3.05) is 32.2 Å². The molecule has 3 aromatic rings. The average molecular weight is 452 g/mol. The SMILES string of the molecule is Cc1cc(C)cc(NC(=O)c2cccnc2S(C)(NC(=O)CN(C)C)c2ccncc2)c1. The van der Waals surface area contributed by atoms with Gasteiger partial charge in [0, 0.05) is 29.2 Å². The van der Waals surface area contributed by atoms with Crippen molar-refractivity contribution < 1.29 is 9.59 Å². The second-order valence-electron chi connectivity index (χ2n) is 8.05. The molecule has 2 heterocycles. The number of benzene rings is 1. The molecule has 2 amide bonds. The summed E-state index contributed by atoms with van der Waals surface area (Å²) in [5.74, 6) is -0.414. The molecule has 7 nitrogen and oxygen atoms in total. The number of nitrogens with zero attached hydrogens (tertiary/aromatic N) is 3. The van der Waals surface area contributed by atoms with Crippen LogP contribution in [0.5, 0.6) is 0 Å². The van der Waals surface area contributed by atoms with Gasteiger partial charge in [-0.2, -0.15) is 0 Å². The molecule has 168 valence electrons. The molecule has 0 spiro atoms. The van der Waals surface area contributed by atoms with E-state index >= 15 is 0 Å². The largest absolute Gasteiger partial charge is 0.322 e. The third-order valence-corrected chi connectivity index (χ3v) is 7.73. The van der Waals surface area contributed by atoms with Crippen LogP contribution in [0.15, 0.2) is 71.0 Å². The van der Waals surface area contributed by atoms with E-state index in [0.29, 0.717) is 10.6 Å². The topological polar surface area (TPSA) is 87.2 Å². The van der Waals surface area contributed by atoms with Gasteiger partial charge in [-0.1, -0.05) is 16.3 Å². The number of hydrogen-bond acceptors (Lipinski definition) is 5. The van der Waals surface area contributed by atoms with E-state index in [0.717, 1.165) is 21.7 Å². The van der Waals surface area contributed by atoms with E-state index in [4.69, 9.17) is 0 Å². The van der Waals surface area contributed by atoms with Gasteiger partial charge < -0.3 is 14.9 Å². The number of aryl methyl sites for hydroxylation is 2. The molecule has 0 saturated carbocycles. The minimum atomic E-state index is -2.16. The van der Waals surface area contributed by atoms with Crippen LogP contribution in [-0.4, -0.2) is 53.6 Å². The molecule has 1 aromatic carbocycles. The van der Waals surface area contributed by atoms with Crippen molar-refractivity contribution in [1.82, 2.24) is 19.6 Å². The van der Waals surface area contributed by atoms with Crippen molar-refractivity contribution in [3.05, 3.63) is 77.7 Å². The molecule has 2 N–H and O–H groups in total. The lowest BCUT2D eigenvalue weighted by Crippen LogP contribution is -2.36. The highest BCUT2D eigenvalue weighted by molar-refractivity contribution is 8.32. The molecule has 1 unspecified atom stereocenters. The van der Waals surface area contributed by atoms with Crippen LogP contribution in [0, 0.1) is 13.8 Å². The maximum atomic E-state index is 13.3. The second-order valence-corrected chi connectivity index (χ2v) is 11.0. The van der Waals surface area contributed by atoms with Crippen LogP contribution in [0.3, 0.4) is 0 Å². The zero-order chi connectivity index (χ0) is 23.3. The first-order valence-corrected chi connectivity index (χ1v) is 12.2. The summed E-state index contributed by atoms with van der Waals surface area (Å²) in [6, 6.07) is 13.1. The molecule has 32 heavy (non-hydrogen) atoms. The molecule has 0 bridgehead atoms. The first kappa shape index (κ1) is 23.4. The van der Waals surface area contributed by atoms with E-state index in [1.165, 1.54) is 0 Å². The van der Waals surface area contributed by atoms with Crippen molar-refractivity contribution >= 4 is 27.7 Å². The molecule has 3 rings (SSSR count). The van der Waals surface area contributed by atoms with Gasteiger partial charge in [0.1, 0.15) is 5.03 Å². The maximum Gasteiger partial charge on any atom is 0.258 e. The third-order valence-electron chi connectivity index (χ3n) is 4.78. The molecule has 1 atom stereocenters. The Bertz CT molecular complexity index is 1100. The predicted octanol–water partition coefficient (Wildman–Crippen LogP) is 3.79. The summed E-state index contributed by atoms with van der Waals surface area (Å²) >= 11 is 0. The molecule has 0 aliphatic heterocycles. The summed E-state index contributed by atoms with van der Waals surface area (Å²) in [6.07, 6.45) is 6.94. The van der Waals surface area contributed by atoms with Gasteiger partial charge in [-0.25, -0.2) is 4.98 Å². The maximum absolute atomic E-state index is 13.3. The number of carbonyl (C=O) groups is 2. The fraction of sp³-hybridized carbons (Fsp3) is 0.250. The minimum absolute atomic E-state index is 0.143. The van der Waals surface area contributed by atoms with E-state index in [-0.39, 0.29) is 18.4 Å². The normalized spacial score (nSPS) is 13.8. The van der Waals surface area contributed by atoms with Gasteiger partial charge in [0.25, 0.3) is 5.91 Å². The van der Waals surface area contributed by atoms with Crippen LogP contribution < -0.4 is 10.0 Å². The smallest absolute Gasteiger partial charge is 0.258 e. The summed E-state index contributed by atoms with van der Waals surface area (Å²) in [5, 5.41) is 3.53. The Kier molecular flexibility index (Phi) is 7.27. The van der Waals surface area contributed by atoms with Crippen LogP contribution in [0.4, 0.5) is 5.69 Å². The summed E-state index contributed by atoms with van der Waals surface area (Å²) in [5.41, 5.74) is 3.27. The number of aromatic nitrogens is 2. The van der Waals surface area contributed by atoms with Gasteiger partial charge in [0.15, 0.2) is 0 Å². The lowest BCUT2D eigenvalue weighted by molar-refractivity contribution is -0.119. The summed E-state index contributed by atoms with van der Waals surface area (Å²) in [6.45, 7) is 4.21. The Hall–Kier alpha value is -3.23.